The molecule has 0 unspecified atom stereocenters. The Balaban J connectivity index is 1.56. The van der Waals surface area contributed by atoms with Crippen LogP contribution in [-0.4, -0.2) is 24.5 Å². The van der Waals surface area contributed by atoms with E-state index in [4.69, 9.17) is 16.3 Å². The van der Waals surface area contributed by atoms with E-state index in [1.54, 1.807) is 36.4 Å². The van der Waals surface area contributed by atoms with Gasteiger partial charge in [-0.05, 0) is 36.2 Å². The monoisotopic (exact) mass is 330 g/mol. The minimum atomic E-state index is -1.17. The summed E-state index contributed by atoms with van der Waals surface area (Å²) in [5.41, 5.74) is 1.62. The van der Waals surface area contributed by atoms with Gasteiger partial charge >= 0.3 is 0 Å². The largest absolute Gasteiger partial charge is 0.468 e. The normalized spacial score (nSPS) is 16.0. The Morgan fingerprint density at radius 3 is 2.70 bits per heavy atom. The van der Waals surface area contributed by atoms with Crippen molar-refractivity contribution in [2.24, 2.45) is 0 Å². The number of carbonyl (C=O) groups excluding carboxylic acids is 2. The fourth-order valence-corrected chi connectivity index (χ4v) is 2.42. The molecule has 1 atom stereocenters. The maximum Gasteiger partial charge on any atom is 0.275 e. The number of benzene rings is 2. The highest BCUT2D eigenvalue weighted by molar-refractivity contribution is 6.30. The van der Waals surface area contributed by atoms with E-state index in [0.29, 0.717) is 29.4 Å². The number of halogens is 1. The van der Waals surface area contributed by atoms with Crippen molar-refractivity contribution in [3.8, 4) is 5.75 Å². The smallest absolute Gasteiger partial charge is 0.275 e. The molecule has 0 saturated heterocycles. The highest BCUT2D eigenvalue weighted by Gasteiger charge is 2.33. The molecule has 2 aromatic rings. The maximum atomic E-state index is 12.1. The Kier molecular flexibility index (Phi) is 4.48. The molecule has 1 aliphatic heterocycles. The number of anilines is 1. The Morgan fingerprint density at radius 2 is 1.91 bits per heavy atom. The first-order valence-corrected chi connectivity index (χ1v) is 7.60. The lowest BCUT2D eigenvalue weighted by atomic mass is 10.1. The third kappa shape index (κ3) is 3.63. The summed E-state index contributed by atoms with van der Waals surface area (Å²) in [5.74, 6) is -0.427. The van der Waals surface area contributed by atoms with Gasteiger partial charge in [-0.15, -0.1) is 0 Å². The molecule has 1 heterocycles. The molecule has 118 valence electrons. The summed E-state index contributed by atoms with van der Waals surface area (Å²) in [4.78, 5) is 24.1. The second-order valence-corrected chi connectivity index (χ2v) is 5.59. The molecule has 0 aromatic heterocycles. The van der Waals surface area contributed by atoms with E-state index in [1.165, 1.54) is 0 Å². The molecule has 0 bridgehead atoms. The van der Waals surface area contributed by atoms with Crippen molar-refractivity contribution in [3.05, 3.63) is 59.1 Å². The summed E-state index contributed by atoms with van der Waals surface area (Å²) >= 11 is 5.82. The molecule has 0 fully saturated rings. The van der Waals surface area contributed by atoms with Gasteiger partial charge in [0.15, 0.2) is 0 Å². The van der Waals surface area contributed by atoms with Crippen LogP contribution in [0.2, 0.25) is 5.02 Å². The second kappa shape index (κ2) is 6.71. The summed E-state index contributed by atoms with van der Waals surface area (Å²) < 4.78 is 5.48. The lowest BCUT2D eigenvalue weighted by molar-refractivity contribution is -0.137. The van der Waals surface area contributed by atoms with Gasteiger partial charge < -0.3 is 15.4 Å². The van der Waals surface area contributed by atoms with E-state index >= 15 is 0 Å². The first-order valence-electron chi connectivity index (χ1n) is 7.22. The van der Waals surface area contributed by atoms with Gasteiger partial charge in [0.05, 0.1) is 5.69 Å². The number of carbonyl (C=O) groups is 2. The quantitative estimate of drug-likeness (QED) is 0.846. The van der Waals surface area contributed by atoms with Gasteiger partial charge in [-0.25, -0.2) is 0 Å². The van der Waals surface area contributed by atoms with Crippen molar-refractivity contribution in [1.29, 1.82) is 0 Å². The number of para-hydroxylation sites is 2. The van der Waals surface area contributed by atoms with Gasteiger partial charge in [0.2, 0.25) is 0 Å². The maximum absolute atomic E-state index is 12.1. The Labute approximate surface area is 138 Å². The van der Waals surface area contributed by atoms with E-state index in [-0.39, 0.29) is 0 Å². The highest BCUT2D eigenvalue weighted by Crippen LogP contribution is 2.28. The van der Waals surface area contributed by atoms with Crippen LogP contribution in [0.25, 0.3) is 0 Å². The third-order valence-corrected chi connectivity index (χ3v) is 3.74. The molecule has 0 spiro atoms. The SMILES string of the molecule is O=C(NCCc1ccc(Cl)cc1)[C@@H]1Oc2ccccc2NC1=O. The van der Waals surface area contributed by atoms with Crippen LogP contribution in [0.3, 0.4) is 0 Å². The first-order chi connectivity index (χ1) is 11.1. The fraction of sp³-hybridized carbons (Fsp3) is 0.176. The van der Waals surface area contributed by atoms with Crippen molar-refractivity contribution < 1.29 is 14.3 Å². The van der Waals surface area contributed by atoms with Crippen LogP contribution in [-0.2, 0) is 16.0 Å². The van der Waals surface area contributed by atoms with E-state index in [0.717, 1.165) is 5.56 Å². The summed E-state index contributed by atoms with van der Waals surface area (Å²) in [6.07, 6.45) is -0.525. The van der Waals surface area contributed by atoms with Crippen LogP contribution in [0.1, 0.15) is 5.56 Å². The predicted octanol–water partition coefficient (Wildman–Crippen LogP) is 2.40. The standard InChI is InChI=1S/C17H15ClN2O3/c18-12-7-5-11(6-8-12)9-10-19-16(21)15-17(22)20-13-3-1-2-4-14(13)23-15/h1-8,15H,9-10H2,(H,19,21)(H,20,22)/t15-/m0/s1. The molecular formula is C17H15ClN2O3. The van der Waals surface area contributed by atoms with Gasteiger partial charge in [0.25, 0.3) is 17.9 Å². The van der Waals surface area contributed by atoms with Gasteiger partial charge in [0, 0.05) is 11.6 Å². The lowest BCUT2D eigenvalue weighted by Gasteiger charge is -2.24. The van der Waals surface area contributed by atoms with E-state index in [2.05, 4.69) is 10.6 Å². The molecule has 5 nitrogen and oxygen atoms in total. The third-order valence-electron chi connectivity index (χ3n) is 3.49. The van der Waals surface area contributed by atoms with Gasteiger partial charge in [-0.1, -0.05) is 35.9 Å². The first kappa shape index (κ1) is 15.4. The topological polar surface area (TPSA) is 67.4 Å². The summed E-state index contributed by atoms with van der Waals surface area (Å²) in [6, 6.07) is 14.4. The van der Waals surface area contributed by atoms with Crippen LogP contribution in [0.4, 0.5) is 5.69 Å². The van der Waals surface area contributed by atoms with Crippen molar-refractivity contribution in [3.63, 3.8) is 0 Å². The molecule has 6 heteroatoms. The highest BCUT2D eigenvalue weighted by atomic mass is 35.5. The number of rotatable bonds is 4. The average Bonchev–Trinajstić information content (AvgIpc) is 2.56. The Morgan fingerprint density at radius 1 is 1.17 bits per heavy atom. The van der Waals surface area contributed by atoms with Gasteiger partial charge in [-0.3, -0.25) is 9.59 Å². The van der Waals surface area contributed by atoms with Crippen molar-refractivity contribution >= 4 is 29.1 Å². The molecule has 2 amide bonds. The molecule has 2 aromatic carbocycles. The molecule has 0 radical (unpaired) electrons. The molecule has 0 aliphatic carbocycles. The molecule has 3 rings (SSSR count). The van der Waals surface area contributed by atoms with Crippen molar-refractivity contribution in [1.82, 2.24) is 5.32 Å². The number of ether oxygens (including phenoxy) is 1. The van der Waals surface area contributed by atoms with Crippen LogP contribution in [0, 0.1) is 0 Å². The molecular weight excluding hydrogens is 316 g/mol. The molecule has 1 aliphatic rings. The van der Waals surface area contributed by atoms with Crippen molar-refractivity contribution in [2.75, 3.05) is 11.9 Å². The summed E-state index contributed by atoms with van der Waals surface area (Å²) in [5, 5.41) is 6.05. The van der Waals surface area contributed by atoms with Crippen LogP contribution < -0.4 is 15.4 Å². The number of amides is 2. The average molecular weight is 331 g/mol. The summed E-state index contributed by atoms with van der Waals surface area (Å²) in [6.45, 7) is 0.412. The van der Waals surface area contributed by atoms with Gasteiger partial charge in [-0.2, -0.15) is 0 Å². The van der Waals surface area contributed by atoms with Crippen LogP contribution in [0.15, 0.2) is 48.5 Å². The minimum Gasteiger partial charge on any atom is -0.468 e. The number of nitrogens with one attached hydrogen (secondary N) is 2. The van der Waals surface area contributed by atoms with E-state index < -0.39 is 17.9 Å². The van der Waals surface area contributed by atoms with Crippen LogP contribution >= 0.6 is 11.6 Å². The second-order valence-electron chi connectivity index (χ2n) is 5.15. The zero-order valence-corrected chi connectivity index (χ0v) is 13.0. The zero-order valence-electron chi connectivity index (χ0n) is 12.2. The van der Waals surface area contributed by atoms with Crippen LogP contribution in [0.5, 0.6) is 5.75 Å². The molecule has 0 saturated carbocycles. The number of hydrogen-bond acceptors (Lipinski definition) is 3. The number of fused-ring (bicyclic) bond motifs is 1. The Hall–Kier alpha value is -2.53. The Bertz CT molecular complexity index is 731. The molecule has 2 N–H and O–H groups in total. The van der Waals surface area contributed by atoms with Gasteiger partial charge in [0.1, 0.15) is 5.75 Å². The molecule has 23 heavy (non-hydrogen) atoms. The predicted molar refractivity (Wildman–Crippen MR) is 87.7 cm³/mol. The zero-order chi connectivity index (χ0) is 16.2. The lowest BCUT2D eigenvalue weighted by Crippen LogP contribution is -2.48. The minimum absolute atomic E-state index is 0.412. The van der Waals surface area contributed by atoms with E-state index in [1.807, 2.05) is 12.1 Å². The fourth-order valence-electron chi connectivity index (χ4n) is 2.30. The van der Waals surface area contributed by atoms with Crippen molar-refractivity contribution in [2.45, 2.75) is 12.5 Å². The summed E-state index contributed by atoms with van der Waals surface area (Å²) in [7, 11) is 0. The number of hydrogen-bond donors (Lipinski definition) is 2. The van der Waals surface area contributed by atoms with E-state index in [9.17, 15) is 9.59 Å².